The predicted molar refractivity (Wildman–Crippen MR) is 106 cm³/mol. The standard InChI is InChI=1S/C21H15F4N3OS/c1-2-29-16-9-5-13(6-10-16)17-11-19(21(23,24)25)28(27-17)20-26-18(12-30-20)14-3-7-15(22)8-4-14/h3-12H,2H2,1H3. The van der Waals surface area contributed by atoms with E-state index in [1.165, 1.54) is 24.3 Å². The van der Waals surface area contributed by atoms with Crippen LogP contribution < -0.4 is 4.74 Å². The third-order valence-corrected chi connectivity index (χ3v) is 5.09. The fourth-order valence-electron chi connectivity index (χ4n) is 2.87. The van der Waals surface area contributed by atoms with Crippen LogP contribution in [0.15, 0.2) is 60.0 Å². The van der Waals surface area contributed by atoms with Crippen LogP contribution in [0.1, 0.15) is 12.6 Å². The number of hydrogen-bond donors (Lipinski definition) is 0. The van der Waals surface area contributed by atoms with E-state index in [-0.39, 0.29) is 10.8 Å². The molecular formula is C21H15F4N3OS. The summed E-state index contributed by atoms with van der Waals surface area (Å²) in [6.45, 7) is 2.34. The number of rotatable bonds is 5. The van der Waals surface area contributed by atoms with Crippen molar-refractivity contribution in [2.45, 2.75) is 13.1 Å². The maximum atomic E-state index is 13.7. The average molecular weight is 433 g/mol. The molecule has 2 aromatic heterocycles. The Morgan fingerprint density at radius 2 is 1.60 bits per heavy atom. The fourth-order valence-corrected chi connectivity index (χ4v) is 3.67. The number of halogens is 4. The minimum Gasteiger partial charge on any atom is -0.494 e. The highest BCUT2D eigenvalue weighted by Gasteiger charge is 2.37. The third kappa shape index (κ3) is 4.06. The van der Waals surface area contributed by atoms with Crippen LogP contribution in [0.25, 0.3) is 27.6 Å². The van der Waals surface area contributed by atoms with Crippen molar-refractivity contribution in [1.82, 2.24) is 14.8 Å². The molecule has 4 aromatic rings. The van der Waals surface area contributed by atoms with Crippen LogP contribution >= 0.6 is 11.3 Å². The molecular weight excluding hydrogens is 418 g/mol. The maximum Gasteiger partial charge on any atom is 0.433 e. The second kappa shape index (κ2) is 7.91. The highest BCUT2D eigenvalue weighted by Crippen LogP contribution is 2.35. The summed E-state index contributed by atoms with van der Waals surface area (Å²) in [5.41, 5.74) is 0.820. The normalized spacial score (nSPS) is 11.6. The first-order valence-electron chi connectivity index (χ1n) is 8.97. The van der Waals surface area contributed by atoms with Gasteiger partial charge in [0.25, 0.3) is 0 Å². The van der Waals surface area contributed by atoms with Crippen molar-refractivity contribution in [2.75, 3.05) is 6.61 Å². The van der Waals surface area contributed by atoms with E-state index in [1.54, 1.807) is 29.6 Å². The molecule has 30 heavy (non-hydrogen) atoms. The molecule has 0 amide bonds. The van der Waals surface area contributed by atoms with Crippen LogP contribution in [0.4, 0.5) is 17.6 Å². The molecule has 0 atom stereocenters. The number of alkyl halides is 3. The van der Waals surface area contributed by atoms with Crippen LogP contribution in [0.3, 0.4) is 0 Å². The van der Waals surface area contributed by atoms with Crippen molar-refractivity contribution >= 4 is 11.3 Å². The van der Waals surface area contributed by atoms with Gasteiger partial charge in [0.1, 0.15) is 11.6 Å². The molecule has 0 N–H and O–H groups in total. The maximum absolute atomic E-state index is 13.7. The molecule has 0 aliphatic rings. The summed E-state index contributed by atoms with van der Waals surface area (Å²) in [4.78, 5) is 4.28. The van der Waals surface area contributed by atoms with Gasteiger partial charge < -0.3 is 4.74 Å². The van der Waals surface area contributed by atoms with Gasteiger partial charge in [0.2, 0.25) is 5.13 Å². The summed E-state index contributed by atoms with van der Waals surface area (Å²) in [5.74, 6) is 0.223. The molecule has 2 aromatic carbocycles. The van der Waals surface area contributed by atoms with Gasteiger partial charge in [-0.3, -0.25) is 0 Å². The van der Waals surface area contributed by atoms with Gasteiger partial charge in [-0.25, -0.2) is 14.1 Å². The Balaban J connectivity index is 1.73. The highest BCUT2D eigenvalue weighted by molar-refractivity contribution is 7.12. The lowest BCUT2D eigenvalue weighted by Gasteiger charge is -2.07. The molecule has 9 heteroatoms. The first-order chi connectivity index (χ1) is 14.3. The van der Waals surface area contributed by atoms with E-state index >= 15 is 0 Å². The van der Waals surface area contributed by atoms with Crippen LogP contribution in [-0.2, 0) is 6.18 Å². The lowest BCUT2D eigenvalue weighted by molar-refractivity contribution is -0.142. The van der Waals surface area contributed by atoms with Gasteiger partial charge in [-0.2, -0.15) is 18.3 Å². The largest absolute Gasteiger partial charge is 0.494 e. The zero-order chi connectivity index (χ0) is 21.3. The zero-order valence-electron chi connectivity index (χ0n) is 15.7. The second-order valence-electron chi connectivity index (χ2n) is 6.30. The van der Waals surface area contributed by atoms with Crippen molar-refractivity contribution in [3.8, 4) is 33.4 Å². The average Bonchev–Trinajstić information content (AvgIpc) is 3.37. The van der Waals surface area contributed by atoms with Gasteiger partial charge >= 0.3 is 6.18 Å². The molecule has 0 saturated carbocycles. The predicted octanol–water partition coefficient (Wildman–Crippen LogP) is 6.22. The molecule has 0 fully saturated rings. The van der Waals surface area contributed by atoms with E-state index in [0.29, 0.717) is 29.2 Å². The first-order valence-corrected chi connectivity index (χ1v) is 9.85. The van der Waals surface area contributed by atoms with Crippen molar-refractivity contribution in [3.63, 3.8) is 0 Å². The smallest absolute Gasteiger partial charge is 0.433 e. The Bertz CT molecular complexity index is 1150. The molecule has 2 heterocycles. The van der Waals surface area contributed by atoms with Gasteiger partial charge in [-0.15, -0.1) is 11.3 Å². The molecule has 154 valence electrons. The van der Waals surface area contributed by atoms with E-state index in [0.717, 1.165) is 22.1 Å². The quantitative estimate of drug-likeness (QED) is 0.351. The molecule has 0 saturated heterocycles. The first kappa shape index (κ1) is 20.1. The number of benzene rings is 2. The Hall–Kier alpha value is -3.20. The van der Waals surface area contributed by atoms with Gasteiger partial charge in [0, 0.05) is 16.5 Å². The van der Waals surface area contributed by atoms with Crippen LogP contribution in [-0.4, -0.2) is 21.4 Å². The van der Waals surface area contributed by atoms with Crippen molar-refractivity contribution in [1.29, 1.82) is 0 Å². The number of nitrogens with zero attached hydrogens (tertiary/aromatic N) is 3. The Kier molecular flexibility index (Phi) is 5.29. The number of aromatic nitrogens is 3. The van der Waals surface area contributed by atoms with Crippen LogP contribution in [0.5, 0.6) is 5.75 Å². The molecule has 0 bridgehead atoms. The fraction of sp³-hybridized carbons (Fsp3) is 0.143. The molecule has 0 spiro atoms. The zero-order valence-corrected chi connectivity index (χ0v) is 16.5. The summed E-state index contributed by atoms with van der Waals surface area (Å²) >= 11 is 1.03. The lowest BCUT2D eigenvalue weighted by atomic mass is 10.1. The Morgan fingerprint density at radius 1 is 0.967 bits per heavy atom. The van der Waals surface area contributed by atoms with Crippen LogP contribution in [0, 0.1) is 5.82 Å². The Labute approximate surface area is 173 Å². The summed E-state index contributed by atoms with van der Waals surface area (Å²) in [5, 5.41) is 5.84. The van der Waals surface area contributed by atoms with Crippen molar-refractivity contribution < 1.29 is 22.3 Å². The topological polar surface area (TPSA) is 39.9 Å². The molecule has 0 unspecified atom stereocenters. The third-order valence-electron chi connectivity index (χ3n) is 4.27. The minimum absolute atomic E-state index is 0.0684. The highest BCUT2D eigenvalue weighted by atomic mass is 32.1. The van der Waals surface area contributed by atoms with E-state index in [1.807, 2.05) is 6.92 Å². The van der Waals surface area contributed by atoms with Gasteiger partial charge in [-0.1, -0.05) is 0 Å². The van der Waals surface area contributed by atoms with E-state index in [2.05, 4.69) is 10.1 Å². The molecule has 4 nitrogen and oxygen atoms in total. The number of hydrogen-bond acceptors (Lipinski definition) is 4. The van der Waals surface area contributed by atoms with Crippen molar-refractivity contribution in [3.05, 3.63) is 71.5 Å². The summed E-state index contributed by atoms with van der Waals surface area (Å²) in [6, 6.07) is 13.3. The van der Waals surface area contributed by atoms with E-state index < -0.39 is 17.7 Å². The number of ether oxygens (including phenoxy) is 1. The second-order valence-corrected chi connectivity index (χ2v) is 7.14. The lowest BCUT2D eigenvalue weighted by Crippen LogP contribution is -2.13. The van der Waals surface area contributed by atoms with E-state index in [4.69, 9.17) is 4.74 Å². The van der Waals surface area contributed by atoms with E-state index in [9.17, 15) is 17.6 Å². The summed E-state index contributed by atoms with van der Waals surface area (Å²) < 4.78 is 60.3. The van der Waals surface area contributed by atoms with Gasteiger partial charge in [0.05, 0.1) is 18.0 Å². The summed E-state index contributed by atoms with van der Waals surface area (Å²) in [7, 11) is 0. The minimum atomic E-state index is -4.61. The molecule has 0 aliphatic carbocycles. The van der Waals surface area contributed by atoms with Crippen LogP contribution in [0.2, 0.25) is 0 Å². The van der Waals surface area contributed by atoms with Crippen molar-refractivity contribution in [2.24, 2.45) is 0 Å². The van der Waals surface area contributed by atoms with Gasteiger partial charge in [-0.05, 0) is 61.5 Å². The van der Waals surface area contributed by atoms with Gasteiger partial charge in [0.15, 0.2) is 5.69 Å². The Morgan fingerprint density at radius 3 is 2.23 bits per heavy atom. The molecule has 0 radical (unpaired) electrons. The molecule has 0 aliphatic heterocycles. The number of thiazole rings is 1. The monoisotopic (exact) mass is 433 g/mol. The SMILES string of the molecule is CCOc1ccc(-c2cc(C(F)(F)F)n(-c3nc(-c4ccc(F)cc4)cs3)n2)cc1. The molecule has 4 rings (SSSR count). The summed E-state index contributed by atoms with van der Waals surface area (Å²) in [6.07, 6.45) is -4.61.